The molecular weight excluding hydrogens is 272 g/mol. The summed E-state index contributed by atoms with van der Waals surface area (Å²) in [6.07, 6.45) is 4.15. The molecule has 3 nitrogen and oxygen atoms in total. The molecule has 0 spiro atoms. The van der Waals surface area contributed by atoms with Gasteiger partial charge >= 0.3 is 0 Å². The zero-order valence-corrected chi connectivity index (χ0v) is 12.1. The summed E-state index contributed by atoms with van der Waals surface area (Å²) in [4.78, 5) is 4.47. The minimum absolute atomic E-state index is 0.118. The van der Waals surface area contributed by atoms with Gasteiger partial charge in [0.2, 0.25) is 0 Å². The molecule has 1 aliphatic rings. The molecule has 1 fully saturated rings. The molecular formula is C16H19F2N3. The van der Waals surface area contributed by atoms with Crippen LogP contribution >= 0.6 is 0 Å². The minimum Gasteiger partial charge on any atom is -0.383 e. The average Bonchev–Trinajstić information content (AvgIpc) is 3.24. The SMILES string of the molecule is CCCCn1c(C2CC2)nc(-c2c(F)cccc2F)c1N. The molecule has 0 aliphatic heterocycles. The first-order chi connectivity index (χ1) is 10.1. The van der Waals surface area contributed by atoms with Crippen molar-refractivity contribution in [1.29, 1.82) is 0 Å². The van der Waals surface area contributed by atoms with Crippen LogP contribution in [0.5, 0.6) is 0 Å². The first-order valence-electron chi connectivity index (χ1n) is 7.43. The maximum Gasteiger partial charge on any atom is 0.135 e. The van der Waals surface area contributed by atoms with Crippen molar-refractivity contribution in [3.8, 4) is 11.3 Å². The van der Waals surface area contributed by atoms with E-state index in [1.54, 1.807) is 0 Å². The van der Waals surface area contributed by atoms with Crippen LogP contribution in [0.3, 0.4) is 0 Å². The Hall–Kier alpha value is -1.91. The fourth-order valence-electron chi connectivity index (χ4n) is 2.60. The smallest absolute Gasteiger partial charge is 0.135 e. The summed E-state index contributed by atoms with van der Waals surface area (Å²) in [6, 6.07) is 3.82. The van der Waals surface area contributed by atoms with Crippen molar-refractivity contribution in [2.24, 2.45) is 0 Å². The lowest BCUT2D eigenvalue weighted by Crippen LogP contribution is -2.07. The Morgan fingerprint density at radius 2 is 1.95 bits per heavy atom. The van der Waals surface area contributed by atoms with E-state index in [0.717, 1.165) is 38.1 Å². The average molecular weight is 291 g/mol. The van der Waals surface area contributed by atoms with Crippen LogP contribution in [-0.4, -0.2) is 9.55 Å². The number of rotatable bonds is 5. The van der Waals surface area contributed by atoms with Gasteiger partial charge in [0.25, 0.3) is 0 Å². The van der Waals surface area contributed by atoms with Gasteiger partial charge < -0.3 is 10.3 Å². The standard InChI is InChI=1S/C16H19F2N3/c1-2-3-9-21-15(19)14(20-16(21)10-7-8-10)13-11(17)5-4-6-12(13)18/h4-6,10H,2-3,7-9,19H2,1H3. The number of anilines is 1. The van der Waals surface area contributed by atoms with Gasteiger partial charge in [-0.15, -0.1) is 0 Å². The molecule has 1 aromatic heterocycles. The first kappa shape index (κ1) is 14.0. The number of aromatic nitrogens is 2. The molecule has 0 unspecified atom stereocenters. The van der Waals surface area contributed by atoms with Crippen molar-refractivity contribution < 1.29 is 8.78 Å². The molecule has 1 saturated carbocycles. The Bertz CT molecular complexity index is 640. The number of nitrogens with two attached hydrogens (primary N) is 1. The monoisotopic (exact) mass is 291 g/mol. The van der Waals surface area contributed by atoms with Crippen molar-refractivity contribution in [2.45, 2.75) is 45.1 Å². The van der Waals surface area contributed by atoms with E-state index in [9.17, 15) is 8.78 Å². The summed E-state index contributed by atoms with van der Waals surface area (Å²) in [5, 5.41) is 0. The lowest BCUT2D eigenvalue weighted by Gasteiger charge is -2.08. The van der Waals surface area contributed by atoms with Gasteiger partial charge in [0.05, 0.1) is 5.56 Å². The van der Waals surface area contributed by atoms with Crippen LogP contribution in [0.25, 0.3) is 11.3 Å². The molecule has 21 heavy (non-hydrogen) atoms. The van der Waals surface area contributed by atoms with E-state index in [1.165, 1.54) is 18.2 Å². The van der Waals surface area contributed by atoms with E-state index < -0.39 is 11.6 Å². The summed E-state index contributed by atoms with van der Waals surface area (Å²) in [7, 11) is 0. The normalized spacial score (nSPS) is 14.6. The Morgan fingerprint density at radius 1 is 1.29 bits per heavy atom. The van der Waals surface area contributed by atoms with Gasteiger partial charge in [-0.25, -0.2) is 13.8 Å². The summed E-state index contributed by atoms with van der Waals surface area (Å²) >= 11 is 0. The molecule has 3 rings (SSSR count). The van der Waals surface area contributed by atoms with Crippen LogP contribution in [0, 0.1) is 11.6 Å². The number of halogens is 2. The third kappa shape index (κ3) is 2.52. The topological polar surface area (TPSA) is 43.8 Å². The Kier molecular flexibility index (Phi) is 3.66. The number of hydrogen-bond donors (Lipinski definition) is 1. The van der Waals surface area contributed by atoms with Crippen LogP contribution in [0.15, 0.2) is 18.2 Å². The molecule has 1 aromatic carbocycles. The van der Waals surface area contributed by atoms with Gasteiger partial charge in [0, 0.05) is 12.5 Å². The van der Waals surface area contributed by atoms with Gasteiger partial charge in [-0.2, -0.15) is 0 Å². The number of nitrogens with zero attached hydrogens (tertiary/aromatic N) is 2. The second-order valence-electron chi connectivity index (χ2n) is 5.58. The van der Waals surface area contributed by atoms with Crippen molar-refractivity contribution >= 4 is 5.82 Å². The van der Waals surface area contributed by atoms with E-state index in [1.807, 2.05) is 4.57 Å². The predicted octanol–water partition coefficient (Wildman–Crippen LogP) is 4.09. The third-order valence-corrected chi connectivity index (χ3v) is 3.91. The third-order valence-electron chi connectivity index (χ3n) is 3.91. The van der Waals surface area contributed by atoms with Gasteiger partial charge in [-0.3, -0.25) is 0 Å². The van der Waals surface area contributed by atoms with Crippen LogP contribution in [-0.2, 0) is 6.54 Å². The quantitative estimate of drug-likeness (QED) is 0.901. The molecule has 0 bridgehead atoms. The Morgan fingerprint density at radius 3 is 2.52 bits per heavy atom. The molecule has 1 aliphatic carbocycles. The van der Waals surface area contributed by atoms with E-state index in [-0.39, 0.29) is 11.3 Å². The Labute approximate surface area is 122 Å². The highest BCUT2D eigenvalue weighted by Crippen LogP contribution is 2.43. The zero-order valence-electron chi connectivity index (χ0n) is 12.1. The molecule has 2 N–H and O–H groups in total. The molecule has 2 aromatic rings. The second kappa shape index (κ2) is 5.47. The summed E-state index contributed by atoms with van der Waals surface area (Å²) < 4.78 is 29.9. The number of hydrogen-bond acceptors (Lipinski definition) is 2. The molecule has 0 atom stereocenters. The number of nitrogen functional groups attached to an aromatic ring is 1. The number of unbranched alkanes of at least 4 members (excludes halogenated alkanes) is 1. The second-order valence-corrected chi connectivity index (χ2v) is 5.58. The first-order valence-corrected chi connectivity index (χ1v) is 7.43. The highest BCUT2D eigenvalue weighted by Gasteiger charge is 2.31. The van der Waals surface area contributed by atoms with Gasteiger partial charge in [0.15, 0.2) is 0 Å². The van der Waals surface area contributed by atoms with Crippen molar-refractivity contribution in [1.82, 2.24) is 9.55 Å². The van der Waals surface area contributed by atoms with E-state index in [2.05, 4.69) is 11.9 Å². The molecule has 1 heterocycles. The van der Waals surface area contributed by atoms with E-state index in [0.29, 0.717) is 11.7 Å². The minimum atomic E-state index is -0.621. The molecule has 0 radical (unpaired) electrons. The highest BCUT2D eigenvalue weighted by atomic mass is 19.1. The summed E-state index contributed by atoms with van der Waals surface area (Å²) in [6.45, 7) is 2.85. The number of imidazole rings is 1. The fraction of sp³-hybridized carbons (Fsp3) is 0.438. The van der Waals surface area contributed by atoms with Crippen LogP contribution in [0.1, 0.15) is 44.3 Å². The lowest BCUT2D eigenvalue weighted by molar-refractivity contribution is 0.589. The lowest BCUT2D eigenvalue weighted by atomic mass is 10.1. The summed E-state index contributed by atoms with van der Waals surface area (Å²) in [5.74, 6) is 0.383. The largest absolute Gasteiger partial charge is 0.383 e. The zero-order chi connectivity index (χ0) is 15.0. The molecule has 5 heteroatoms. The molecule has 0 saturated heterocycles. The van der Waals surface area contributed by atoms with Crippen molar-refractivity contribution in [2.75, 3.05) is 5.73 Å². The maximum atomic E-state index is 14.0. The van der Waals surface area contributed by atoms with Crippen molar-refractivity contribution in [3.05, 3.63) is 35.7 Å². The molecule has 112 valence electrons. The number of benzene rings is 1. The van der Waals surface area contributed by atoms with E-state index >= 15 is 0 Å². The molecule has 0 amide bonds. The van der Waals surface area contributed by atoms with E-state index in [4.69, 9.17) is 5.73 Å². The van der Waals surface area contributed by atoms with Crippen LogP contribution in [0.2, 0.25) is 0 Å². The van der Waals surface area contributed by atoms with Gasteiger partial charge in [-0.05, 0) is 31.4 Å². The van der Waals surface area contributed by atoms with Crippen LogP contribution < -0.4 is 5.73 Å². The maximum absolute atomic E-state index is 14.0. The summed E-state index contributed by atoms with van der Waals surface area (Å²) in [5.41, 5.74) is 6.27. The fourth-order valence-corrected chi connectivity index (χ4v) is 2.60. The van der Waals surface area contributed by atoms with Crippen molar-refractivity contribution in [3.63, 3.8) is 0 Å². The predicted molar refractivity (Wildman–Crippen MR) is 78.9 cm³/mol. The van der Waals surface area contributed by atoms with Gasteiger partial charge in [-0.1, -0.05) is 19.4 Å². The van der Waals surface area contributed by atoms with Gasteiger partial charge in [0.1, 0.15) is 29.0 Å². The Balaban J connectivity index is 2.11. The van der Waals surface area contributed by atoms with Crippen LogP contribution in [0.4, 0.5) is 14.6 Å². The highest BCUT2D eigenvalue weighted by molar-refractivity contribution is 5.72.